The summed E-state index contributed by atoms with van der Waals surface area (Å²) >= 11 is 12.1. The summed E-state index contributed by atoms with van der Waals surface area (Å²) < 4.78 is 1.78. The van der Waals surface area contributed by atoms with Gasteiger partial charge >= 0.3 is 0 Å². The Kier molecular flexibility index (Phi) is 5.11. The summed E-state index contributed by atoms with van der Waals surface area (Å²) in [6.07, 6.45) is 1.59. The van der Waals surface area contributed by atoms with Crippen molar-refractivity contribution < 1.29 is 4.79 Å². The molecule has 0 aliphatic rings. The van der Waals surface area contributed by atoms with Crippen molar-refractivity contribution in [1.82, 2.24) is 24.9 Å². The van der Waals surface area contributed by atoms with Gasteiger partial charge in [0.1, 0.15) is 5.69 Å². The Morgan fingerprint density at radius 1 is 1.28 bits per heavy atom. The summed E-state index contributed by atoms with van der Waals surface area (Å²) in [5, 5.41) is 12.4. The van der Waals surface area contributed by atoms with E-state index in [1.165, 1.54) is 0 Å². The normalized spacial score (nSPS) is 10.9. The van der Waals surface area contributed by atoms with Crippen molar-refractivity contribution in [2.24, 2.45) is 0 Å². The molecule has 0 saturated carbocycles. The first-order valence-corrected chi connectivity index (χ1v) is 8.52. The fraction of sp³-hybridized carbons (Fsp3) is 0.235. The van der Waals surface area contributed by atoms with Crippen molar-refractivity contribution >= 4 is 29.1 Å². The van der Waals surface area contributed by atoms with Crippen molar-refractivity contribution in [1.29, 1.82) is 0 Å². The first kappa shape index (κ1) is 17.5. The molecule has 2 heterocycles. The molecule has 1 amide bonds. The van der Waals surface area contributed by atoms with Crippen LogP contribution >= 0.6 is 23.2 Å². The monoisotopic (exact) mass is 377 g/mol. The second-order valence-electron chi connectivity index (χ2n) is 5.59. The van der Waals surface area contributed by atoms with Crippen LogP contribution < -0.4 is 0 Å². The molecule has 0 radical (unpaired) electrons. The van der Waals surface area contributed by atoms with E-state index in [2.05, 4.69) is 15.3 Å². The minimum atomic E-state index is -0.173. The Labute approximate surface area is 155 Å². The number of aromatic amines is 1. The summed E-state index contributed by atoms with van der Waals surface area (Å²) in [6.45, 7) is 3.03. The molecule has 0 atom stereocenters. The van der Waals surface area contributed by atoms with Crippen molar-refractivity contribution in [2.75, 3.05) is 7.05 Å². The number of aryl methyl sites for hydroxylation is 1. The number of hydrogen-bond donors (Lipinski definition) is 1. The Hall–Kier alpha value is -2.31. The second kappa shape index (κ2) is 7.29. The molecule has 6 nitrogen and oxygen atoms in total. The molecule has 0 bridgehead atoms. The van der Waals surface area contributed by atoms with E-state index in [1.807, 2.05) is 19.1 Å². The number of nitrogens with one attached hydrogen (secondary N) is 1. The molecule has 0 spiro atoms. The van der Waals surface area contributed by atoms with Gasteiger partial charge in [-0.2, -0.15) is 10.2 Å². The lowest BCUT2D eigenvalue weighted by atomic mass is 10.1. The van der Waals surface area contributed by atoms with Gasteiger partial charge in [-0.3, -0.25) is 14.6 Å². The predicted octanol–water partition coefficient (Wildman–Crippen LogP) is 3.87. The van der Waals surface area contributed by atoms with Crippen LogP contribution in [0.3, 0.4) is 0 Å². The lowest BCUT2D eigenvalue weighted by molar-refractivity contribution is 0.0775. The summed E-state index contributed by atoms with van der Waals surface area (Å²) in [7, 11) is 1.72. The van der Waals surface area contributed by atoms with Gasteiger partial charge < -0.3 is 4.90 Å². The number of H-pyrrole nitrogens is 1. The quantitative estimate of drug-likeness (QED) is 0.733. The average molecular weight is 378 g/mol. The summed E-state index contributed by atoms with van der Waals surface area (Å²) in [5.41, 5.74) is 2.78. The minimum Gasteiger partial charge on any atom is -0.334 e. The number of carbonyl (C=O) groups excluding carboxylic acids is 1. The van der Waals surface area contributed by atoms with E-state index in [-0.39, 0.29) is 5.91 Å². The summed E-state index contributed by atoms with van der Waals surface area (Å²) in [4.78, 5) is 14.2. The van der Waals surface area contributed by atoms with Crippen LogP contribution in [0.2, 0.25) is 10.0 Å². The Morgan fingerprint density at radius 2 is 2.00 bits per heavy atom. The lowest BCUT2D eigenvalue weighted by Gasteiger charge is -2.17. The highest BCUT2D eigenvalue weighted by Crippen LogP contribution is 2.21. The number of nitrogens with zero attached hydrogens (tertiary/aromatic N) is 4. The lowest BCUT2D eigenvalue weighted by Crippen LogP contribution is -2.28. The predicted molar refractivity (Wildman–Crippen MR) is 97.7 cm³/mol. The van der Waals surface area contributed by atoms with E-state index in [4.69, 9.17) is 23.2 Å². The molecule has 0 fully saturated rings. The molecular weight excluding hydrogens is 361 g/mol. The van der Waals surface area contributed by atoms with Gasteiger partial charge in [-0.1, -0.05) is 35.3 Å². The fourth-order valence-corrected chi connectivity index (χ4v) is 2.85. The zero-order chi connectivity index (χ0) is 18.0. The molecule has 0 aliphatic carbocycles. The van der Waals surface area contributed by atoms with Crippen molar-refractivity contribution in [3.8, 4) is 11.3 Å². The molecule has 1 aromatic carbocycles. The second-order valence-corrected chi connectivity index (χ2v) is 6.43. The van der Waals surface area contributed by atoms with Gasteiger partial charge in [0.25, 0.3) is 5.91 Å². The van der Waals surface area contributed by atoms with Crippen LogP contribution in [0.5, 0.6) is 0 Å². The molecule has 8 heteroatoms. The van der Waals surface area contributed by atoms with Crippen LogP contribution in [0, 0.1) is 0 Å². The molecule has 25 heavy (non-hydrogen) atoms. The number of rotatable bonds is 5. The number of benzene rings is 1. The number of carbonyl (C=O) groups is 1. The van der Waals surface area contributed by atoms with Crippen molar-refractivity contribution in [2.45, 2.75) is 20.0 Å². The maximum absolute atomic E-state index is 12.6. The van der Waals surface area contributed by atoms with Crippen molar-refractivity contribution in [3.05, 3.63) is 58.0 Å². The summed E-state index contributed by atoms with van der Waals surface area (Å²) in [5.74, 6) is -0.173. The van der Waals surface area contributed by atoms with Crippen LogP contribution in [-0.2, 0) is 13.1 Å². The smallest absolute Gasteiger partial charge is 0.271 e. The molecule has 3 rings (SSSR count). The third-order valence-electron chi connectivity index (χ3n) is 3.88. The van der Waals surface area contributed by atoms with E-state index in [9.17, 15) is 4.79 Å². The summed E-state index contributed by atoms with van der Waals surface area (Å²) in [6, 6.07) is 9.01. The van der Waals surface area contributed by atoms with E-state index in [1.54, 1.807) is 41.0 Å². The standard InChI is InChI=1S/C17H17Cl2N5O/c1-3-24-16(13(19)9-20-24)10-23(2)17(25)15-8-14(21-22-15)11-4-6-12(18)7-5-11/h4-9H,3,10H2,1-2H3,(H,21,22). The topological polar surface area (TPSA) is 66.8 Å². The van der Waals surface area contributed by atoms with Gasteiger partial charge in [-0.25, -0.2) is 0 Å². The van der Waals surface area contributed by atoms with Gasteiger partial charge in [0.05, 0.1) is 29.2 Å². The molecule has 130 valence electrons. The zero-order valence-corrected chi connectivity index (χ0v) is 15.3. The first-order chi connectivity index (χ1) is 12.0. The fourth-order valence-electron chi connectivity index (χ4n) is 2.52. The Bertz CT molecular complexity index is 885. The van der Waals surface area contributed by atoms with Gasteiger partial charge in [0.15, 0.2) is 0 Å². The molecule has 3 aromatic rings. The molecule has 0 aliphatic heterocycles. The van der Waals surface area contributed by atoms with E-state index >= 15 is 0 Å². The highest BCUT2D eigenvalue weighted by molar-refractivity contribution is 6.31. The third kappa shape index (κ3) is 3.70. The minimum absolute atomic E-state index is 0.173. The molecule has 0 saturated heterocycles. The van der Waals surface area contributed by atoms with Crippen molar-refractivity contribution in [3.63, 3.8) is 0 Å². The maximum atomic E-state index is 12.6. The number of aromatic nitrogens is 4. The first-order valence-electron chi connectivity index (χ1n) is 7.76. The Balaban J connectivity index is 1.76. The Morgan fingerprint density at radius 3 is 2.68 bits per heavy atom. The van der Waals surface area contributed by atoms with Gasteiger partial charge in [0, 0.05) is 24.2 Å². The van der Waals surface area contributed by atoms with Gasteiger partial charge in [-0.05, 0) is 25.1 Å². The molecule has 2 aromatic heterocycles. The van der Waals surface area contributed by atoms with Crippen LogP contribution in [0.1, 0.15) is 23.1 Å². The van der Waals surface area contributed by atoms with Gasteiger partial charge in [-0.15, -0.1) is 0 Å². The van der Waals surface area contributed by atoms with E-state index < -0.39 is 0 Å². The molecule has 1 N–H and O–H groups in total. The largest absolute Gasteiger partial charge is 0.334 e. The van der Waals surface area contributed by atoms with E-state index in [0.717, 1.165) is 11.3 Å². The van der Waals surface area contributed by atoms with Crippen LogP contribution in [0.15, 0.2) is 36.5 Å². The molecular formula is C17H17Cl2N5O. The highest BCUT2D eigenvalue weighted by Gasteiger charge is 2.18. The number of hydrogen-bond acceptors (Lipinski definition) is 3. The molecule has 0 unspecified atom stereocenters. The maximum Gasteiger partial charge on any atom is 0.271 e. The number of amides is 1. The third-order valence-corrected chi connectivity index (χ3v) is 4.45. The van der Waals surface area contributed by atoms with Crippen LogP contribution in [0.4, 0.5) is 0 Å². The van der Waals surface area contributed by atoms with Crippen LogP contribution in [-0.4, -0.2) is 37.8 Å². The van der Waals surface area contributed by atoms with Gasteiger partial charge in [0.2, 0.25) is 0 Å². The average Bonchev–Trinajstić information content (AvgIpc) is 3.23. The van der Waals surface area contributed by atoms with E-state index in [0.29, 0.717) is 34.5 Å². The zero-order valence-electron chi connectivity index (χ0n) is 13.8. The van der Waals surface area contributed by atoms with Crippen LogP contribution in [0.25, 0.3) is 11.3 Å². The highest BCUT2D eigenvalue weighted by atomic mass is 35.5. The SMILES string of the molecule is CCn1ncc(Cl)c1CN(C)C(=O)c1cc(-c2ccc(Cl)cc2)n[nH]1. The number of halogens is 2.